The highest BCUT2D eigenvalue weighted by molar-refractivity contribution is 5.26. The molecule has 2 aliphatic rings. The molecule has 1 aromatic rings. The Kier molecular flexibility index (Phi) is 2.48. The molecule has 2 heterocycles. The highest BCUT2D eigenvalue weighted by Crippen LogP contribution is 2.38. The Morgan fingerprint density at radius 1 is 1.31 bits per heavy atom. The van der Waals surface area contributed by atoms with Gasteiger partial charge in [-0.2, -0.15) is 5.10 Å². The lowest BCUT2D eigenvalue weighted by molar-refractivity contribution is -0.00175. The number of nitrogens with zero attached hydrogens (tertiary/aromatic N) is 2. The second-order valence-corrected chi connectivity index (χ2v) is 5.00. The highest BCUT2D eigenvalue weighted by Gasteiger charge is 2.35. The van der Waals surface area contributed by atoms with Crippen LogP contribution in [-0.4, -0.2) is 21.4 Å². The van der Waals surface area contributed by atoms with E-state index < -0.39 is 5.60 Å². The third kappa shape index (κ3) is 1.57. The van der Waals surface area contributed by atoms with Crippen LogP contribution in [0.3, 0.4) is 0 Å². The fourth-order valence-corrected chi connectivity index (χ4v) is 2.98. The zero-order valence-electron chi connectivity index (χ0n) is 9.58. The van der Waals surface area contributed by atoms with Gasteiger partial charge in [0.25, 0.3) is 0 Å². The zero-order chi connectivity index (χ0) is 11.0. The SMILES string of the molecule is OC1(c2cnn3c2CNCC3)CCCCC1. The smallest absolute Gasteiger partial charge is 0.0930 e. The number of hydrogen-bond acceptors (Lipinski definition) is 3. The molecule has 0 amide bonds. The Morgan fingerprint density at radius 2 is 2.12 bits per heavy atom. The molecule has 1 fully saturated rings. The predicted octanol–water partition coefficient (Wildman–Crippen LogP) is 1.14. The van der Waals surface area contributed by atoms with Gasteiger partial charge >= 0.3 is 0 Å². The Bertz CT molecular complexity index is 380. The molecule has 16 heavy (non-hydrogen) atoms. The average Bonchev–Trinajstić information content (AvgIpc) is 2.74. The van der Waals surface area contributed by atoms with Crippen LogP contribution in [0.15, 0.2) is 6.20 Å². The van der Waals surface area contributed by atoms with E-state index in [4.69, 9.17) is 0 Å². The van der Waals surface area contributed by atoms with Gasteiger partial charge in [0.2, 0.25) is 0 Å². The van der Waals surface area contributed by atoms with Gasteiger partial charge in [0.1, 0.15) is 0 Å². The largest absolute Gasteiger partial charge is 0.385 e. The molecule has 0 unspecified atom stereocenters. The summed E-state index contributed by atoms with van der Waals surface area (Å²) in [5.74, 6) is 0. The lowest BCUT2D eigenvalue weighted by Crippen LogP contribution is -2.34. The highest BCUT2D eigenvalue weighted by atomic mass is 16.3. The lowest BCUT2D eigenvalue weighted by Gasteiger charge is -2.33. The van der Waals surface area contributed by atoms with Gasteiger partial charge < -0.3 is 10.4 Å². The van der Waals surface area contributed by atoms with Crippen LogP contribution in [0.25, 0.3) is 0 Å². The van der Waals surface area contributed by atoms with Gasteiger partial charge in [0.15, 0.2) is 0 Å². The maximum absolute atomic E-state index is 10.7. The summed E-state index contributed by atoms with van der Waals surface area (Å²) in [7, 11) is 0. The van der Waals surface area contributed by atoms with Crippen LogP contribution in [0.5, 0.6) is 0 Å². The number of aromatic nitrogens is 2. The monoisotopic (exact) mass is 221 g/mol. The van der Waals surface area contributed by atoms with E-state index in [-0.39, 0.29) is 0 Å². The van der Waals surface area contributed by atoms with Crippen molar-refractivity contribution in [3.8, 4) is 0 Å². The quantitative estimate of drug-likeness (QED) is 0.747. The Balaban J connectivity index is 1.95. The van der Waals surface area contributed by atoms with Crippen molar-refractivity contribution in [2.45, 2.75) is 50.8 Å². The molecule has 1 aliphatic heterocycles. The maximum Gasteiger partial charge on any atom is 0.0930 e. The minimum absolute atomic E-state index is 0.606. The van der Waals surface area contributed by atoms with E-state index in [0.717, 1.165) is 50.9 Å². The molecule has 0 atom stereocenters. The second kappa shape index (κ2) is 3.86. The second-order valence-electron chi connectivity index (χ2n) is 5.00. The third-order valence-electron chi connectivity index (χ3n) is 3.92. The Morgan fingerprint density at radius 3 is 2.94 bits per heavy atom. The van der Waals surface area contributed by atoms with Crippen molar-refractivity contribution in [2.75, 3.05) is 6.54 Å². The Labute approximate surface area is 95.7 Å². The number of fused-ring (bicyclic) bond motifs is 1. The van der Waals surface area contributed by atoms with Crippen molar-refractivity contribution >= 4 is 0 Å². The molecule has 4 nitrogen and oxygen atoms in total. The van der Waals surface area contributed by atoms with Crippen molar-refractivity contribution in [1.82, 2.24) is 15.1 Å². The van der Waals surface area contributed by atoms with Gasteiger partial charge in [-0.05, 0) is 12.8 Å². The van der Waals surface area contributed by atoms with Gasteiger partial charge in [-0.15, -0.1) is 0 Å². The molecule has 0 spiro atoms. The molecule has 1 aliphatic carbocycles. The van der Waals surface area contributed by atoms with Gasteiger partial charge in [-0.25, -0.2) is 0 Å². The van der Waals surface area contributed by atoms with Gasteiger partial charge in [-0.3, -0.25) is 4.68 Å². The summed E-state index contributed by atoms with van der Waals surface area (Å²) in [5.41, 5.74) is 1.65. The van der Waals surface area contributed by atoms with E-state index in [1.165, 1.54) is 12.1 Å². The standard InChI is InChI=1S/C12H19N3O/c16-12(4-2-1-3-5-12)10-8-14-15-7-6-13-9-11(10)15/h8,13,16H,1-7,9H2. The van der Waals surface area contributed by atoms with Crippen molar-refractivity contribution < 1.29 is 5.11 Å². The van der Waals surface area contributed by atoms with Crippen molar-refractivity contribution in [3.63, 3.8) is 0 Å². The molecule has 0 radical (unpaired) electrons. The van der Waals surface area contributed by atoms with Crippen LogP contribution < -0.4 is 5.32 Å². The van der Waals surface area contributed by atoms with Crippen LogP contribution in [0.2, 0.25) is 0 Å². The molecule has 0 aromatic carbocycles. The molecule has 1 aromatic heterocycles. The van der Waals surface area contributed by atoms with E-state index >= 15 is 0 Å². The van der Waals surface area contributed by atoms with Gasteiger partial charge in [-0.1, -0.05) is 19.3 Å². The topological polar surface area (TPSA) is 50.1 Å². The molecule has 3 rings (SSSR count). The third-order valence-corrected chi connectivity index (χ3v) is 3.92. The molecule has 0 saturated heterocycles. The summed E-state index contributed by atoms with van der Waals surface area (Å²) in [6.07, 6.45) is 7.19. The predicted molar refractivity (Wildman–Crippen MR) is 60.9 cm³/mol. The van der Waals surface area contributed by atoms with Crippen LogP contribution in [0.1, 0.15) is 43.4 Å². The minimum atomic E-state index is -0.606. The number of hydrogen-bond donors (Lipinski definition) is 2. The first-order chi connectivity index (χ1) is 7.80. The van der Waals surface area contributed by atoms with Crippen LogP contribution in [-0.2, 0) is 18.7 Å². The normalized spacial score (nSPS) is 24.1. The van der Waals surface area contributed by atoms with E-state index in [1.807, 2.05) is 10.9 Å². The van der Waals surface area contributed by atoms with E-state index in [2.05, 4.69) is 10.4 Å². The average molecular weight is 221 g/mol. The molecule has 1 saturated carbocycles. The zero-order valence-corrected chi connectivity index (χ0v) is 9.58. The number of nitrogens with one attached hydrogen (secondary N) is 1. The van der Waals surface area contributed by atoms with Crippen LogP contribution in [0.4, 0.5) is 0 Å². The van der Waals surface area contributed by atoms with Crippen molar-refractivity contribution in [2.24, 2.45) is 0 Å². The summed E-state index contributed by atoms with van der Waals surface area (Å²) >= 11 is 0. The summed E-state index contributed by atoms with van der Waals surface area (Å²) in [5, 5.41) is 18.5. The van der Waals surface area contributed by atoms with Gasteiger partial charge in [0, 0.05) is 18.7 Å². The van der Waals surface area contributed by atoms with Crippen molar-refractivity contribution in [3.05, 3.63) is 17.5 Å². The maximum atomic E-state index is 10.7. The Hall–Kier alpha value is -0.870. The lowest BCUT2D eigenvalue weighted by atomic mass is 9.79. The number of rotatable bonds is 1. The summed E-state index contributed by atoms with van der Waals surface area (Å²) < 4.78 is 2.04. The first-order valence-corrected chi connectivity index (χ1v) is 6.28. The molecule has 0 bridgehead atoms. The summed E-state index contributed by atoms with van der Waals surface area (Å²) in [6.45, 7) is 2.75. The fraction of sp³-hybridized carbons (Fsp3) is 0.750. The molecule has 2 N–H and O–H groups in total. The molecular weight excluding hydrogens is 202 g/mol. The minimum Gasteiger partial charge on any atom is -0.385 e. The van der Waals surface area contributed by atoms with E-state index in [1.54, 1.807) is 0 Å². The van der Waals surface area contributed by atoms with E-state index in [9.17, 15) is 5.11 Å². The van der Waals surface area contributed by atoms with Gasteiger partial charge in [0.05, 0.1) is 24.0 Å². The van der Waals surface area contributed by atoms with Crippen molar-refractivity contribution in [1.29, 1.82) is 0 Å². The van der Waals surface area contributed by atoms with Crippen LogP contribution in [0, 0.1) is 0 Å². The fourth-order valence-electron chi connectivity index (χ4n) is 2.98. The number of aliphatic hydroxyl groups is 1. The molecule has 4 heteroatoms. The molecular formula is C12H19N3O. The first kappa shape index (κ1) is 10.3. The van der Waals surface area contributed by atoms with Crippen LogP contribution >= 0.6 is 0 Å². The van der Waals surface area contributed by atoms with E-state index in [0.29, 0.717) is 0 Å². The summed E-state index contributed by atoms with van der Waals surface area (Å²) in [4.78, 5) is 0. The molecule has 88 valence electrons. The summed E-state index contributed by atoms with van der Waals surface area (Å²) in [6, 6.07) is 0. The first-order valence-electron chi connectivity index (χ1n) is 6.28.